The molecule has 1 atom stereocenters. The molecule has 0 aliphatic heterocycles. The van der Waals surface area contributed by atoms with E-state index in [2.05, 4.69) is 0 Å². The van der Waals surface area contributed by atoms with Crippen molar-refractivity contribution in [2.24, 2.45) is 5.73 Å². The summed E-state index contributed by atoms with van der Waals surface area (Å²) in [7, 11) is 0. The maximum absolute atomic E-state index is 11.7. The van der Waals surface area contributed by atoms with E-state index in [9.17, 15) is 18.0 Å². The fraction of sp³-hybridized carbons (Fsp3) is 0.857. The summed E-state index contributed by atoms with van der Waals surface area (Å²) < 4.78 is 35.0. The Morgan fingerprint density at radius 1 is 1.57 bits per heavy atom. The van der Waals surface area contributed by atoms with E-state index in [1.165, 1.54) is 11.8 Å². The van der Waals surface area contributed by atoms with Crippen molar-refractivity contribution in [1.29, 1.82) is 0 Å². The van der Waals surface area contributed by atoms with Crippen LogP contribution in [-0.2, 0) is 4.79 Å². The molecule has 0 spiro atoms. The van der Waals surface area contributed by atoms with Crippen LogP contribution in [0.5, 0.6) is 0 Å². The second-order valence-corrected chi connectivity index (χ2v) is 3.71. The Hall–Kier alpha value is -0.430. The summed E-state index contributed by atoms with van der Waals surface area (Å²) in [6.07, 6.45) is -2.17. The van der Waals surface area contributed by atoms with Crippen LogP contribution in [0.2, 0.25) is 0 Å². The van der Waals surface area contributed by atoms with E-state index < -0.39 is 24.7 Å². The predicted octanol–water partition coefficient (Wildman–Crippen LogP) is 0.745. The summed E-state index contributed by atoms with van der Waals surface area (Å²) in [6, 6.07) is -0.857. The summed E-state index contributed by atoms with van der Waals surface area (Å²) >= 11 is 1.49. The van der Waals surface area contributed by atoms with Crippen LogP contribution in [0.25, 0.3) is 0 Å². The lowest BCUT2D eigenvalue weighted by Gasteiger charge is -2.12. The molecule has 3 nitrogen and oxygen atoms in total. The summed E-state index contributed by atoms with van der Waals surface area (Å²) in [5, 5.41) is 1.73. The molecule has 84 valence electrons. The van der Waals surface area contributed by atoms with E-state index in [1.54, 1.807) is 5.32 Å². The number of nitrogens with two attached hydrogens (primary N) is 1. The van der Waals surface area contributed by atoms with Crippen LogP contribution in [0.1, 0.15) is 6.42 Å². The number of alkyl halides is 3. The Morgan fingerprint density at radius 3 is 2.57 bits per heavy atom. The highest BCUT2D eigenvalue weighted by atomic mass is 32.2. The molecule has 7 heteroatoms. The molecule has 1 unspecified atom stereocenters. The van der Waals surface area contributed by atoms with Gasteiger partial charge in [0, 0.05) is 0 Å². The molecule has 3 N–H and O–H groups in total. The minimum atomic E-state index is -4.38. The number of nitrogens with one attached hydrogen (secondary N) is 1. The lowest BCUT2D eigenvalue weighted by Crippen LogP contribution is -2.44. The van der Waals surface area contributed by atoms with E-state index in [4.69, 9.17) is 5.73 Å². The monoisotopic (exact) mass is 230 g/mol. The van der Waals surface area contributed by atoms with Crippen LogP contribution in [-0.4, -0.2) is 36.7 Å². The second-order valence-electron chi connectivity index (χ2n) is 2.72. The van der Waals surface area contributed by atoms with Gasteiger partial charge in [-0.2, -0.15) is 24.9 Å². The standard InChI is InChI=1S/C7H13F3N2OS/c1-14-3-2-5(11)6(13)12-4-7(8,9)10/h5H,2-4,11H2,1H3,(H,12,13). The van der Waals surface area contributed by atoms with Gasteiger partial charge in [-0.3, -0.25) is 4.79 Å². The molecule has 0 bridgehead atoms. The first-order valence-corrected chi connectivity index (χ1v) is 5.35. The van der Waals surface area contributed by atoms with Crippen LogP contribution in [0.15, 0.2) is 0 Å². The Balaban J connectivity index is 3.73. The number of halogens is 3. The van der Waals surface area contributed by atoms with Crippen LogP contribution in [0, 0.1) is 0 Å². The molecular formula is C7H13F3N2OS. The van der Waals surface area contributed by atoms with E-state index in [0.29, 0.717) is 12.2 Å². The average Bonchev–Trinajstić information content (AvgIpc) is 2.09. The third-order valence-electron chi connectivity index (χ3n) is 1.43. The van der Waals surface area contributed by atoms with Crippen molar-refractivity contribution >= 4 is 17.7 Å². The quantitative estimate of drug-likeness (QED) is 0.732. The molecule has 0 aromatic heterocycles. The number of carbonyl (C=O) groups excluding carboxylic acids is 1. The van der Waals surface area contributed by atoms with E-state index in [1.807, 2.05) is 6.26 Å². The third kappa shape index (κ3) is 7.02. The van der Waals surface area contributed by atoms with Gasteiger partial charge in [-0.05, 0) is 18.4 Å². The van der Waals surface area contributed by atoms with Crippen molar-refractivity contribution in [1.82, 2.24) is 5.32 Å². The summed E-state index contributed by atoms with van der Waals surface area (Å²) in [5.41, 5.74) is 5.34. The fourth-order valence-electron chi connectivity index (χ4n) is 0.694. The first-order chi connectivity index (χ1) is 6.37. The molecule has 1 amide bonds. The van der Waals surface area contributed by atoms with Crippen LogP contribution < -0.4 is 11.1 Å². The highest BCUT2D eigenvalue weighted by Crippen LogP contribution is 2.12. The fourth-order valence-corrected chi connectivity index (χ4v) is 1.18. The minimum absolute atomic E-state index is 0.380. The number of hydrogen-bond donors (Lipinski definition) is 2. The molecule has 0 fully saturated rings. The number of carbonyl (C=O) groups is 1. The van der Waals surface area contributed by atoms with Gasteiger partial charge in [0.2, 0.25) is 5.91 Å². The van der Waals surface area contributed by atoms with Gasteiger partial charge in [0.15, 0.2) is 0 Å². The zero-order valence-corrected chi connectivity index (χ0v) is 8.54. The lowest BCUT2D eigenvalue weighted by atomic mass is 10.2. The molecule has 0 radical (unpaired) electrons. The van der Waals surface area contributed by atoms with Gasteiger partial charge < -0.3 is 11.1 Å². The minimum Gasteiger partial charge on any atom is -0.346 e. The Labute approximate surface area is 84.6 Å². The summed E-state index contributed by atoms with van der Waals surface area (Å²) in [6.45, 7) is -1.32. The Morgan fingerprint density at radius 2 is 2.14 bits per heavy atom. The van der Waals surface area contributed by atoms with Crippen LogP contribution in [0.4, 0.5) is 13.2 Å². The van der Waals surface area contributed by atoms with Crippen molar-refractivity contribution in [2.75, 3.05) is 18.6 Å². The summed E-state index contributed by atoms with van der Waals surface area (Å²) in [4.78, 5) is 11.0. The van der Waals surface area contributed by atoms with Crippen LogP contribution in [0.3, 0.4) is 0 Å². The maximum atomic E-state index is 11.7. The van der Waals surface area contributed by atoms with Gasteiger partial charge in [0.1, 0.15) is 6.54 Å². The molecule has 0 saturated heterocycles. The molecule has 0 heterocycles. The third-order valence-corrected chi connectivity index (χ3v) is 2.08. The number of thioether (sulfide) groups is 1. The van der Waals surface area contributed by atoms with Crippen molar-refractivity contribution in [3.63, 3.8) is 0 Å². The normalized spacial score (nSPS) is 13.8. The van der Waals surface area contributed by atoms with Gasteiger partial charge >= 0.3 is 6.18 Å². The smallest absolute Gasteiger partial charge is 0.346 e. The molecule has 0 aliphatic carbocycles. The van der Waals surface area contributed by atoms with E-state index in [-0.39, 0.29) is 0 Å². The zero-order valence-electron chi connectivity index (χ0n) is 7.73. The van der Waals surface area contributed by atoms with E-state index in [0.717, 1.165) is 0 Å². The number of amides is 1. The zero-order chi connectivity index (χ0) is 11.2. The lowest BCUT2D eigenvalue weighted by molar-refractivity contribution is -0.139. The number of rotatable bonds is 5. The van der Waals surface area contributed by atoms with Crippen molar-refractivity contribution in [2.45, 2.75) is 18.6 Å². The van der Waals surface area contributed by atoms with Crippen molar-refractivity contribution in [3.05, 3.63) is 0 Å². The molecular weight excluding hydrogens is 217 g/mol. The van der Waals surface area contributed by atoms with Crippen molar-refractivity contribution < 1.29 is 18.0 Å². The SMILES string of the molecule is CSCCC(N)C(=O)NCC(F)(F)F. The first-order valence-electron chi connectivity index (χ1n) is 3.96. The molecule has 0 rings (SSSR count). The highest BCUT2D eigenvalue weighted by molar-refractivity contribution is 7.98. The first kappa shape index (κ1) is 13.6. The van der Waals surface area contributed by atoms with E-state index >= 15 is 0 Å². The molecule has 14 heavy (non-hydrogen) atoms. The molecule has 0 aromatic rings. The Bertz CT molecular complexity index is 186. The van der Waals surface area contributed by atoms with Crippen LogP contribution >= 0.6 is 11.8 Å². The topological polar surface area (TPSA) is 55.1 Å². The molecule has 0 aliphatic rings. The summed E-state index contributed by atoms with van der Waals surface area (Å²) in [5.74, 6) is -0.1000. The second kappa shape index (κ2) is 6.13. The van der Waals surface area contributed by atoms with Gasteiger partial charge in [0.25, 0.3) is 0 Å². The molecule has 0 aromatic carbocycles. The maximum Gasteiger partial charge on any atom is 0.405 e. The Kier molecular flexibility index (Phi) is 5.94. The van der Waals surface area contributed by atoms with Gasteiger partial charge in [-0.1, -0.05) is 0 Å². The highest BCUT2D eigenvalue weighted by Gasteiger charge is 2.28. The average molecular weight is 230 g/mol. The van der Waals surface area contributed by atoms with Gasteiger partial charge in [-0.25, -0.2) is 0 Å². The number of hydrogen-bond acceptors (Lipinski definition) is 3. The largest absolute Gasteiger partial charge is 0.405 e. The van der Waals surface area contributed by atoms with Gasteiger partial charge in [-0.15, -0.1) is 0 Å². The van der Waals surface area contributed by atoms with Gasteiger partial charge in [0.05, 0.1) is 6.04 Å². The predicted molar refractivity (Wildman–Crippen MR) is 50.0 cm³/mol. The molecule has 0 saturated carbocycles. The van der Waals surface area contributed by atoms with Crippen molar-refractivity contribution in [3.8, 4) is 0 Å².